The lowest BCUT2D eigenvalue weighted by atomic mass is 10.5. The molecule has 0 amide bonds. The van der Waals surface area contributed by atoms with Gasteiger partial charge in [-0.05, 0) is 20.8 Å². The quantitative estimate of drug-likeness (QED) is 0.362. The summed E-state index contributed by atoms with van der Waals surface area (Å²) in [5.41, 5.74) is -0.280. The van der Waals surface area contributed by atoms with Crippen molar-refractivity contribution in [3.8, 4) is 0 Å². The minimum atomic E-state index is -0.289. The van der Waals surface area contributed by atoms with Gasteiger partial charge in [0.1, 0.15) is 5.44 Å². The van der Waals surface area contributed by atoms with Crippen LogP contribution in [-0.2, 0) is 9.53 Å². The number of hydrogen-bond donors (Lipinski definition) is 2. The van der Waals surface area contributed by atoms with Crippen LogP contribution < -0.4 is 0 Å². The Bertz CT molecular complexity index is 99.1. The molecule has 0 radical (unpaired) electrons. The number of ether oxygens (including phenoxy) is 1. The molecule has 0 saturated heterocycles. The van der Waals surface area contributed by atoms with E-state index in [4.69, 9.17) is 5.11 Å². The Kier molecular flexibility index (Phi) is 9.58. The molecule has 1 unspecified atom stereocenters. The van der Waals surface area contributed by atoms with Crippen molar-refractivity contribution in [3.63, 3.8) is 0 Å². The highest BCUT2D eigenvalue weighted by molar-refractivity contribution is 7.80. The number of esters is 1. The van der Waals surface area contributed by atoms with Crippen molar-refractivity contribution in [2.45, 2.75) is 39.2 Å². The summed E-state index contributed by atoms with van der Waals surface area (Å²) in [4.78, 5) is 9.98. The molecule has 0 rings (SSSR count). The molecule has 1 atom stereocenters. The highest BCUT2D eigenvalue weighted by Gasteiger charge is 1.94. The summed E-state index contributed by atoms with van der Waals surface area (Å²) in [6.07, 6.45) is -0.167. The van der Waals surface area contributed by atoms with Crippen LogP contribution in [0, 0.1) is 0 Å². The number of aliphatic hydroxyl groups excluding tert-OH is 1. The van der Waals surface area contributed by atoms with E-state index in [2.05, 4.69) is 17.4 Å². The lowest BCUT2D eigenvalue weighted by Gasteiger charge is -2.00. The van der Waals surface area contributed by atoms with Crippen LogP contribution in [0.15, 0.2) is 0 Å². The molecule has 0 aliphatic carbocycles. The first-order valence-corrected chi connectivity index (χ1v) is 3.91. The number of rotatable bonds is 1. The summed E-state index contributed by atoms with van der Waals surface area (Å²) < 4.78 is 4.48. The van der Waals surface area contributed by atoms with E-state index in [0.29, 0.717) is 0 Å². The molecule has 3 nitrogen and oxygen atoms in total. The summed E-state index contributed by atoms with van der Waals surface area (Å²) in [6.45, 7) is 6.48. The summed E-state index contributed by atoms with van der Waals surface area (Å²) in [7, 11) is 0. The third kappa shape index (κ3) is 41.4. The standard InChI is InChI=1S/C4H8O2S.C3H8O/c1-3(5)6-4(2)7;1-3(2)4/h4,7H,1-2H3;3-4H,1-2H3. The molecule has 0 aromatic carbocycles. The Hall–Kier alpha value is -0.220. The number of hydrogen-bond acceptors (Lipinski definition) is 4. The van der Waals surface area contributed by atoms with E-state index < -0.39 is 0 Å². The van der Waals surface area contributed by atoms with E-state index in [-0.39, 0.29) is 17.5 Å². The highest BCUT2D eigenvalue weighted by atomic mass is 32.1. The van der Waals surface area contributed by atoms with Crippen molar-refractivity contribution in [2.24, 2.45) is 0 Å². The lowest BCUT2D eigenvalue weighted by molar-refractivity contribution is -0.141. The summed E-state index contributed by atoms with van der Waals surface area (Å²) in [6, 6.07) is 0. The smallest absolute Gasteiger partial charge is 0.303 e. The fraction of sp³-hybridized carbons (Fsp3) is 0.857. The van der Waals surface area contributed by atoms with Crippen molar-refractivity contribution in [1.82, 2.24) is 0 Å². The Morgan fingerprint density at radius 3 is 1.73 bits per heavy atom. The van der Waals surface area contributed by atoms with Crippen LogP contribution in [0.25, 0.3) is 0 Å². The zero-order valence-electron chi connectivity index (χ0n) is 7.37. The van der Waals surface area contributed by atoms with Gasteiger partial charge in [0.25, 0.3) is 0 Å². The van der Waals surface area contributed by atoms with E-state index in [0.717, 1.165) is 0 Å². The van der Waals surface area contributed by atoms with Crippen molar-refractivity contribution < 1.29 is 14.6 Å². The Morgan fingerprint density at radius 2 is 1.73 bits per heavy atom. The van der Waals surface area contributed by atoms with E-state index in [1.807, 2.05) is 0 Å². The molecule has 4 heteroatoms. The lowest BCUT2D eigenvalue weighted by Crippen LogP contribution is -2.03. The van der Waals surface area contributed by atoms with Gasteiger partial charge in [-0.2, -0.15) is 0 Å². The highest BCUT2D eigenvalue weighted by Crippen LogP contribution is 1.93. The SMILES string of the molecule is CC(=O)OC(C)S.CC(C)O. The van der Waals surface area contributed by atoms with Crippen molar-refractivity contribution in [1.29, 1.82) is 0 Å². The van der Waals surface area contributed by atoms with Gasteiger partial charge in [0.2, 0.25) is 0 Å². The van der Waals surface area contributed by atoms with Crippen LogP contribution in [0.1, 0.15) is 27.7 Å². The van der Waals surface area contributed by atoms with Gasteiger partial charge in [0, 0.05) is 13.0 Å². The maximum atomic E-state index is 9.98. The van der Waals surface area contributed by atoms with Crippen LogP contribution in [0.2, 0.25) is 0 Å². The Labute approximate surface area is 73.2 Å². The summed E-state index contributed by atoms with van der Waals surface area (Å²) >= 11 is 3.79. The van der Waals surface area contributed by atoms with Gasteiger partial charge in [0.15, 0.2) is 0 Å². The second kappa shape index (κ2) is 7.88. The van der Waals surface area contributed by atoms with Gasteiger partial charge in [-0.15, -0.1) is 12.6 Å². The van der Waals surface area contributed by atoms with E-state index >= 15 is 0 Å². The van der Waals surface area contributed by atoms with Crippen molar-refractivity contribution in [2.75, 3.05) is 0 Å². The first-order valence-electron chi connectivity index (χ1n) is 3.39. The maximum absolute atomic E-state index is 9.98. The third-order valence-electron chi connectivity index (χ3n) is 0.337. The van der Waals surface area contributed by atoms with Crippen LogP contribution in [0.4, 0.5) is 0 Å². The molecule has 0 heterocycles. The van der Waals surface area contributed by atoms with Crippen LogP contribution in [-0.4, -0.2) is 22.6 Å². The fourth-order valence-corrected chi connectivity index (χ4v) is 0.389. The molecule has 1 N–H and O–H groups in total. The van der Waals surface area contributed by atoms with Gasteiger partial charge in [-0.25, -0.2) is 0 Å². The first-order chi connectivity index (χ1) is 4.86. The molecule has 0 aliphatic heterocycles. The minimum absolute atomic E-state index is 0.167. The minimum Gasteiger partial charge on any atom is -0.452 e. The van der Waals surface area contributed by atoms with E-state index in [1.165, 1.54) is 6.92 Å². The molecule has 0 aromatic heterocycles. The Balaban J connectivity index is 0. The predicted octanol–water partition coefficient (Wildman–Crippen LogP) is 1.21. The summed E-state index contributed by atoms with van der Waals surface area (Å²) in [5, 5.41) is 8.06. The van der Waals surface area contributed by atoms with Gasteiger partial charge in [-0.1, -0.05) is 0 Å². The van der Waals surface area contributed by atoms with E-state index in [1.54, 1.807) is 20.8 Å². The third-order valence-corrected chi connectivity index (χ3v) is 0.442. The van der Waals surface area contributed by atoms with Gasteiger partial charge >= 0.3 is 5.97 Å². The zero-order chi connectivity index (χ0) is 9.44. The summed E-state index contributed by atoms with van der Waals surface area (Å²) in [5.74, 6) is -0.289. The maximum Gasteiger partial charge on any atom is 0.303 e. The van der Waals surface area contributed by atoms with Gasteiger partial charge in [0.05, 0.1) is 0 Å². The molecular formula is C7H16O3S. The molecule has 0 saturated carbocycles. The average molecular weight is 180 g/mol. The average Bonchev–Trinajstić information content (AvgIpc) is 1.56. The number of carbonyl (C=O) groups is 1. The monoisotopic (exact) mass is 180 g/mol. The first kappa shape index (κ1) is 13.4. The molecule has 11 heavy (non-hydrogen) atoms. The largest absolute Gasteiger partial charge is 0.452 e. The van der Waals surface area contributed by atoms with Crippen LogP contribution in [0.5, 0.6) is 0 Å². The normalized spacial score (nSPS) is 11.5. The van der Waals surface area contributed by atoms with Gasteiger partial charge in [-0.3, -0.25) is 4.79 Å². The number of thiol groups is 1. The predicted molar refractivity (Wildman–Crippen MR) is 47.6 cm³/mol. The van der Waals surface area contributed by atoms with Gasteiger partial charge < -0.3 is 9.84 Å². The van der Waals surface area contributed by atoms with Crippen molar-refractivity contribution >= 4 is 18.6 Å². The molecule has 0 aliphatic rings. The second-order valence-corrected chi connectivity index (χ2v) is 3.03. The van der Waals surface area contributed by atoms with Crippen LogP contribution >= 0.6 is 12.6 Å². The fourth-order valence-electron chi connectivity index (χ4n) is 0.240. The van der Waals surface area contributed by atoms with E-state index in [9.17, 15) is 4.79 Å². The number of aliphatic hydroxyl groups is 1. The van der Waals surface area contributed by atoms with Crippen molar-refractivity contribution in [3.05, 3.63) is 0 Å². The molecule has 0 bridgehead atoms. The van der Waals surface area contributed by atoms with Crippen LogP contribution in [0.3, 0.4) is 0 Å². The topological polar surface area (TPSA) is 46.5 Å². The number of carbonyl (C=O) groups excluding carboxylic acids is 1. The Morgan fingerprint density at radius 1 is 1.45 bits per heavy atom. The molecular weight excluding hydrogens is 164 g/mol. The molecule has 0 aromatic rings. The second-order valence-electron chi connectivity index (χ2n) is 2.30. The molecule has 0 spiro atoms. The molecule has 68 valence electrons. The molecule has 0 fully saturated rings. The zero-order valence-corrected chi connectivity index (χ0v) is 8.26.